The molecule has 18 heavy (non-hydrogen) atoms. The van der Waals surface area contributed by atoms with Crippen molar-refractivity contribution in [2.75, 3.05) is 0 Å². The number of carbonyl (C=O) groups excluding carboxylic acids is 1. The summed E-state index contributed by atoms with van der Waals surface area (Å²) in [6, 6.07) is -1.01. The van der Waals surface area contributed by atoms with Crippen molar-refractivity contribution < 1.29 is 14.7 Å². The molecule has 0 spiro atoms. The lowest BCUT2D eigenvalue weighted by molar-refractivity contribution is -0.139. The van der Waals surface area contributed by atoms with E-state index in [2.05, 4.69) is 10.3 Å². The molecule has 0 radical (unpaired) electrons. The number of nitrogens with zero attached hydrogens (tertiary/aromatic N) is 1. The van der Waals surface area contributed by atoms with E-state index in [0.29, 0.717) is 0 Å². The molecule has 0 aliphatic rings. The maximum absolute atomic E-state index is 11.8. The smallest absolute Gasteiger partial charge is 0.326 e. The Morgan fingerprint density at radius 2 is 2.00 bits per heavy atom. The van der Waals surface area contributed by atoms with Crippen molar-refractivity contribution in [1.82, 2.24) is 10.3 Å². The summed E-state index contributed by atoms with van der Waals surface area (Å²) in [6.07, 6.45) is 1.41. The zero-order valence-electron chi connectivity index (χ0n) is 9.21. The van der Waals surface area contributed by atoms with Gasteiger partial charge in [-0.25, -0.2) is 9.78 Å². The van der Waals surface area contributed by atoms with Crippen LogP contribution in [0.5, 0.6) is 0 Å². The second kappa shape index (κ2) is 6.22. The number of carbonyl (C=O) groups is 2. The lowest BCUT2D eigenvalue weighted by atomic mass is 10.2. The van der Waals surface area contributed by atoms with Gasteiger partial charge in [0.25, 0.3) is 5.91 Å². The molecule has 1 aromatic rings. The van der Waals surface area contributed by atoms with Crippen LogP contribution >= 0.6 is 34.8 Å². The Kier molecular flexibility index (Phi) is 5.19. The number of hydrogen-bond acceptors (Lipinski definition) is 3. The molecule has 1 aromatic heterocycles. The Balaban J connectivity index is 2.98. The molecule has 1 atom stereocenters. The lowest BCUT2D eigenvalue weighted by Crippen LogP contribution is -2.40. The number of nitrogens with one attached hydrogen (secondary N) is 1. The molecule has 5 nitrogen and oxygen atoms in total. The van der Waals surface area contributed by atoms with E-state index in [-0.39, 0.29) is 27.2 Å². The van der Waals surface area contributed by atoms with Crippen LogP contribution in [0.25, 0.3) is 0 Å². The summed E-state index contributed by atoms with van der Waals surface area (Å²) < 4.78 is 0. The van der Waals surface area contributed by atoms with Crippen LogP contribution in [0.3, 0.4) is 0 Å². The molecule has 1 unspecified atom stereocenters. The number of aliphatic carboxylic acids is 1. The van der Waals surface area contributed by atoms with Crippen molar-refractivity contribution in [2.45, 2.75) is 19.4 Å². The van der Waals surface area contributed by atoms with Crippen LogP contribution in [0.15, 0.2) is 6.20 Å². The van der Waals surface area contributed by atoms with Crippen LogP contribution in [0.1, 0.15) is 23.8 Å². The highest BCUT2D eigenvalue weighted by atomic mass is 35.5. The number of carboxylic acids is 1. The fourth-order valence-corrected chi connectivity index (χ4v) is 1.73. The van der Waals surface area contributed by atoms with Gasteiger partial charge in [-0.3, -0.25) is 4.79 Å². The first-order chi connectivity index (χ1) is 8.38. The monoisotopic (exact) mass is 310 g/mol. The van der Waals surface area contributed by atoms with Gasteiger partial charge in [-0.05, 0) is 6.42 Å². The topological polar surface area (TPSA) is 79.3 Å². The maximum Gasteiger partial charge on any atom is 0.326 e. The molecule has 1 amide bonds. The van der Waals surface area contributed by atoms with E-state index in [4.69, 9.17) is 39.9 Å². The third kappa shape index (κ3) is 3.25. The SMILES string of the molecule is CCC(NC(=O)c1ncc(Cl)c(Cl)c1Cl)C(=O)O. The molecule has 0 fully saturated rings. The van der Waals surface area contributed by atoms with Gasteiger partial charge in [0.1, 0.15) is 11.7 Å². The van der Waals surface area contributed by atoms with Gasteiger partial charge >= 0.3 is 5.97 Å². The number of hydrogen-bond donors (Lipinski definition) is 2. The second-order valence-corrected chi connectivity index (χ2v) is 4.52. The fraction of sp³-hybridized carbons (Fsp3) is 0.300. The molecule has 0 aliphatic heterocycles. The molecule has 0 saturated heterocycles. The predicted octanol–water partition coefficient (Wildman–Crippen LogP) is 2.63. The summed E-state index contributed by atoms with van der Waals surface area (Å²) in [5.74, 6) is -1.85. The van der Waals surface area contributed by atoms with E-state index < -0.39 is 17.9 Å². The molecule has 0 aromatic carbocycles. The van der Waals surface area contributed by atoms with Crippen LogP contribution in [-0.2, 0) is 4.79 Å². The summed E-state index contributed by atoms with van der Waals surface area (Å²) >= 11 is 17.2. The molecule has 98 valence electrons. The van der Waals surface area contributed by atoms with Gasteiger partial charge in [-0.15, -0.1) is 0 Å². The predicted molar refractivity (Wildman–Crippen MR) is 68.4 cm³/mol. The van der Waals surface area contributed by atoms with Gasteiger partial charge in [0.05, 0.1) is 15.1 Å². The molecule has 8 heteroatoms. The zero-order chi connectivity index (χ0) is 13.9. The van der Waals surface area contributed by atoms with Gasteiger partial charge in [-0.2, -0.15) is 0 Å². The highest BCUT2D eigenvalue weighted by Crippen LogP contribution is 2.30. The Hall–Kier alpha value is -1.04. The van der Waals surface area contributed by atoms with Crippen molar-refractivity contribution in [3.05, 3.63) is 27.0 Å². The number of aromatic nitrogens is 1. The first kappa shape index (κ1) is 15.0. The first-order valence-corrected chi connectivity index (χ1v) is 6.05. The van der Waals surface area contributed by atoms with Crippen LogP contribution in [0.4, 0.5) is 0 Å². The Bertz CT molecular complexity index is 494. The summed E-state index contributed by atoms with van der Waals surface area (Å²) in [7, 11) is 0. The Labute approximate surface area is 118 Å². The van der Waals surface area contributed by atoms with Crippen LogP contribution < -0.4 is 5.32 Å². The number of rotatable bonds is 4. The van der Waals surface area contributed by atoms with Gasteiger partial charge < -0.3 is 10.4 Å². The average molecular weight is 312 g/mol. The maximum atomic E-state index is 11.8. The summed E-state index contributed by atoms with van der Waals surface area (Å²) in [6.45, 7) is 1.63. The second-order valence-electron chi connectivity index (χ2n) is 3.36. The summed E-state index contributed by atoms with van der Waals surface area (Å²) in [4.78, 5) is 26.3. The number of pyridine rings is 1. The third-order valence-electron chi connectivity index (χ3n) is 2.14. The minimum atomic E-state index is -1.14. The number of amides is 1. The molecular formula is C10H9Cl3N2O3. The van der Waals surface area contributed by atoms with Crippen molar-refractivity contribution in [3.8, 4) is 0 Å². The van der Waals surface area contributed by atoms with Crippen LogP contribution in [0, 0.1) is 0 Å². The normalized spacial score (nSPS) is 12.0. The zero-order valence-corrected chi connectivity index (χ0v) is 11.5. The summed E-state index contributed by atoms with van der Waals surface area (Å²) in [5.41, 5.74) is -0.161. The minimum Gasteiger partial charge on any atom is -0.480 e. The van der Waals surface area contributed by atoms with Crippen molar-refractivity contribution in [3.63, 3.8) is 0 Å². The molecule has 1 rings (SSSR count). The van der Waals surface area contributed by atoms with E-state index in [9.17, 15) is 9.59 Å². The van der Waals surface area contributed by atoms with E-state index in [1.807, 2.05) is 0 Å². The van der Waals surface area contributed by atoms with E-state index in [1.54, 1.807) is 6.92 Å². The molecule has 0 aliphatic carbocycles. The van der Waals surface area contributed by atoms with Crippen LogP contribution in [-0.4, -0.2) is 28.0 Å². The van der Waals surface area contributed by atoms with Gasteiger partial charge in [-0.1, -0.05) is 41.7 Å². The largest absolute Gasteiger partial charge is 0.480 e. The van der Waals surface area contributed by atoms with Crippen LogP contribution in [0.2, 0.25) is 15.1 Å². The summed E-state index contributed by atoms with van der Waals surface area (Å²) in [5, 5.41) is 11.1. The average Bonchev–Trinajstić information content (AvgIpc) is 2.32. The van der Waals surface area contributed by atoms with Crippen molar-refractivity contribution in [1.29, 1.82) is 0 Å². The number of halogens is 3. The molecule has 1 heterocycles. The van der Waals surface area contributed by atoms with E-state index in [1.165, 1.54) is 6.20 Å². The van der Waals surface area contributed by atoms with E-state index in [0.717, 1.165) is 0 Å². The lowest BCUT2D eigenvalue weighted by Gasteiger charge is -2.12. The molecule has 2 N–H and O–H groups in total. The number of carboxylic acid groups (broad SMARTS) is 1. The van der Waals surface area contributed by atoms with Gasteiger partial charge in [0.2, 0.25) is 0 Å². The van der Waals surface area contributed by atoms with Gasteiger partial charge in [0, 0.05) is 6.20 Å². The highest BCUT2D eigenvalue weighted by molar-refractivity contribution is 6.48. The quantitative estimate of drug-likeness (QED) is 0.896. The Morgan fingerprint density at radius 3 is 2.50 bits per heavy atom. The van der Waals surface area contributed by atoms with Crippen molar-refractivity contribution >= 4 is 46.7 Å². The minimum absolute atomic E-state index is 0.00172. The standard InChI is InChI=1S/C10H9Cl3N2O3/c1-2-5(10(17)18)15-9(16)8-7(13)6(12)4(11)3-14-8/h3,5H,2H2,1H3,(H,15,16)(H,17,18). The Morgan fingerprint density at radius 1 is 1.39 bits per heavy atom. The molecule has 0 bridgehead atoms. The van der Waals surface area contributed by atoms with E-state index >= 15 is 0 Å². The molecular weight excluding hydrogens is 302 g/mol. The fourth-order valence-electron chi connectivity index (χ4n) is 1.17. The first-order valence-electron chi connectivity index (χ1n) is 4.91. The van der Waals surface area contributed by atoms with Gasteiger partial charge in [0.15, 0.2) is 0 Å². The van der Waals surface area contributed by atoms with Crippen molar-refractivity contribution in [2.24, 2.45) is 0 Å². The molecule has 0 saturated carbocycles. The third-order valence-corrected chi connectivity index (χ3v) is 3.38. The highest BCUT2D eigenvalue weighted by Gasteiger charge is 2.22.